The topological polar surface area (TPSA) is 88.5 Å². The van der Waals surface area contributed by atoms with E-state index in [2.05, 4.69) is 31.9 Å². The van der Waals surface area contributed by atoms with Crippen molar-refractivity contribution in [3.05, 3.63) is 72.0 Å². The molecule has 0 saturated heterocycles. The molecular formula is C19H15ClN6O. The zero-order chi connectivity index (χ0) is 18.8. The second-order valence-corrected chi connectivity index (χ2v) is 6.20. The minimum atomic E-state index is -0.321. The van der Waals surface area contributed by atoms with E-state index in [0.29, 0.717) is 28.9 Å². The molecule has 7 nitrogen and oxygen atoms in total. The van der Waals surface area contributed by atoms with Gasteiger partial charge in [0.25, 0.3) is 5.91 Å². The van der Waals surface area contributed by atoms with Crippen LogP contribution in [0, 0.1) is 0 Å². The summed E-state index contributed by atoms with van der Waals surface area (Å²) in [7, 11) is 0. The number of carbonyl (C=O) groups excluding carboxylic acids is 1. The molecule has 134 valence electrons. The summed E-state index contributed by atoms with van der Waals surface area (Å²) in [5.74, 6) is 0.755. The summed E-state index contributed by atoms with van der Waals surface area (Å²) < 4.78 is 1.72. The Bertz CT molecular complexity index is 1100. The average Bonchev–Trinajstić information content (AvgIpc) is 3.26. The number of carbonyl (C=O) groups is 1. The molecule has 0 bridgehead atoms. The molecule has 27 heavy (non-hydrogen) atoms. The summed E-state index contributed by atoms with van der Waals surface area (Å²) in [6, 6.07) is 12.7. The first-order valence-corrected chi connectivity index (χ1v) is 8.58. The number of halogens is 1. The lowest BCUT2D eigenvalue weighted by atomic mass is 10.2. The number of H-pyrrole nitrogens is 1. The van der Waals surface area contributed by atoms with Crippen LogP contribution in [0.4, 0.5) is 5.82 Å². The smallest absolute Gasteiger partial charge is 0.258 e. The number of pyridine rings is 1. The summed E-state index contributed by atoms with van der Waals surface area (Å²) in [4.78, 5) is 24.2. The van der Waals surface area contributed by atoms with Crippen molar-refractivity contribution >= 4 is 34.4 Å². The van der Waals surface area contributed by atoms with Gasteiger partial charge in [-0.05, 0) is 24.3 Å². The van der Waals surface area contributed by atoms with Gasteiger partial charge in [-0.2, -0.15) is 5.10 Å². The first kappa shape index (κ1) is 17.0. The monoisotopic (exact) mass is 378 g/mol. The number of fused-ring (bicyclic) bond motifs is 1. The Morgan fingerprint density at radius 3 is 2.89 bits per heavy atom. The Morgan fingerprint density at radius 2 is 2.15 bits per heavy atom. The number of nitrogens with one attached hydrogen (secondary N) is 2. The van der Waals surface area contributed by atoms with Gasteiger partial charge in [-0.15, -0.1) is 6.58 Å². The van der Waals surface area contributed by atoms with E-state index in [0.717, 1.165) is 16.7 Å². The Hall–Kier alpha value is -3.45. The SMILES string of the molecule is C=CCn1nc(NC(=O)c2ccc(Cl)nc2)cc1-c1nc2ccccc2[nH]1. The molecule has 3 aromatic heterocycles. The largest absolute Gasteiger partial charge is 0.337 e. The quantitative estimate of drug-likeness (QED) is 0.407. The number of benzene rings is 1. The molecule has 8 heteroatoms. The minimum Gasteiger partial charge on any atom is -0.337 e. The molecule has 3 heterocycles. The minimum absolute atomic E-state index is 0.321. The van der Waals surface area contributed by atoms with Gasteiger partial charge in [0.1, 0.15) is 10.8 Å². The van der Waals surface area contributed by atoms with Crippen LogP contribution in [0.5, 0.6) is 0 Å². The molecule has 0 radical (unpaired) electrons. The molecule has 4 aromatic rings. The number of imidazole rings is 1. The van der Waals surface area contributed by atoms with E-state index in [9.17, 15) is 4.79 Å². The molecule has 0 spiro atoms. The lowest BCUT2D eigenvalue weighted by Crippen LogP contribution is -2.13. The number of anilines is 1. The number of aromatic amines is 1. The highest BCUT2D eigenvalue weighted by atomic mass is 35.5. The van der Waals surface area contributed by atoms with E-state index in [4.69, 9.17) is 11.6 Å². The molecule has 4 rings (SSSR count). The first-order valence-electron chi connectivity index (χ1n) is 8.21. The second kappa shape index (κ2) is 7.05. The van der Waals surface area contributed by atoms with Crippen LogP contribution < -0.4 is 5.32 Å². The number of para-hydroxylation sites is 2. The third-order valence-corrected chi connectivity index (χ3v) is 4.17. The van der Waals surface area contributed by atoms with Gasteiger partial charge in [-0.3, -0.25) is 9.48 Å². The van der Waals surface area contributed by atoms with Gasteiger partial charge in [0.15, 0.2) is 11.6 Å². The predicted octanol–water partition coefficient (Wildman–Crippen LogP) is 3.91. The van der Waals surface area contributed by atoms with Crippen molar-refractivity contribution in [3.8, 4) is 11.5 Å². The van der Waals surface area contributed by atoms with E-state index in [-0.39, 0.29) is 5.91 Å². The molecule has 1 amide bonds. The Kier molecular flexibility index (Phi) is 4.43. The Morgan fingerprint density at radius 1 is 1.30 bits per heavy atom. The lowest BCUT2D eigenvalue weighted by molar-refractivity contribution is 0.102. The molecule has 2 N–H and O–H groups in total. The number of nitrogens with zero attached hydrogens (tertiary/aromatic N) is 4. The van der Waals surface area contributed by atoms with Crippen LogP contribution in [0.1, 0.15) is 10.4 Å². The summed E-state index contributed by atoms with van der Waals surface area (Å²) in [5.41, 5.74) is 2.92. The summed E-state index contributed by atoms with van der Waals surface area (Å²) in [5, 5.41) is 7.53. The number of allylic oxidation sites excluding steroid dienone is 1. The van der Waals surface area contributed by atoms with Gasteiger partial charge in [0, 0.05) is 12.3 Å². The van der Waals surface area contributed by atoms with E-state index in [1.54, 1.807) is 29.0 Å². The van der Waals surface area contributed by atoms with Crippen molar-refractivity contribution in [2.45, 2.75) is 6.54 Å². The van der Waals surface area contributed by atoms with Crippen LogP contribution in [-0.2, 0) is 6.54 Å². The second-order valence-electron chi connectivity index (χ2n) is 5.81. The maximum absolute atomic E-state index is 12.4. The van der Waals surface area contributed by atoms with Crippen LogP contribution in [0.15, 0.2) is 61.3 Å². The van der Waals surface area contributed by atoms with Gasteiger partial charge in [-0.25, -0.2) is 9.97 Å². The van der Waals surface area contributed by atoms with Gasteiger partial charge < -0.3 is 10.3 Å². The molecule has 0 fully saturated rings. The highest BCUT2D eigenvalue weighted by Gasteiger charge is 2.15. The zero-order valence-electron chi connectivity index (χ0n) is 14.2. The fourth-order valence-electron chi connectivity index (χ4n) is 2.70. The normalized spacial score (nSPS) is 10.9. The van der Waals surface area contributed by atoms with Crippen molar-refractivity contribution in [2.24, 2.45) is 0 Å². The van der Waals surface area contributed by atoms with Crippen LogP contribution in [0.2, 0.25) is 5.15 Å². The molecule has 0 aliphatic rings. The summed E-state index contributed by atoms with van der Waals surface area (Å²) in [6.45, 7) is 4.24. The van der Waals surface area contributed by atoms with Crippen molar-refractivity contribution in [3.63, 3.8) is 0 Å². The Balaban J connectivity index is 1.66. The van der Waals surface area contributed by atoms with E-state index in [1.807, 2.05) is 24.3 Å². The maximum atomic E-state index is 12.4. The number of rotatable bonds is 5. The van der Waals surface area contributed by atoms with Crippen molar-refractivity contribution in [2.75, 3.05) is 5.32 Å². The number of amides is 1. The van der Waals surface area contributed by atoms with E-state index >= 15 is 0 Å². The highest BCUT2D eigenvalue weighted by Crippen LogP contribution is 2.23. The molecule has 0 saturated carbocycles. The number of hydrogen-bond donors (Lipinski definition) is 2. The third kappa shape index (κ3) is 3.45. The van der Waals surface area contributed by atoms with E-state index < -0.39 is 0 Å². The van der Waals surface area contributed by atoms with Gasteiger partial charge in [0.05, 0.1) is 23.1 Å². The molecule has 0 atom stereocenters. The predicted molar refractivity (Wildman–Crippen MR) is 105 cm³/mol. The van der Waals surface area contributed by atoms with Gasteiger partial charge >= 0.3 is 0 Å². The number of hydrogen-bond acceptors (Lipinski definition) is 4. The fraction of sp³-hybridized carbons (Fsp3) is 0.0526. The molecular weight excluding hydrogens is 364 g/mol. The van der Waals surface area contributed by atoms with Crippen molar-refractivity contribution < 1.29 is 4.79 Å². The number of aromatic nitrogens is 5. The summed E-state index contributed by atoms with van der Waals surface area (Å²) in [6.07, 6.45) is 3.15. The van der Waals surface area contributed by atoms with Gasteiger partial charge in [-0.1, -0.05) is 29.8 Å². The molecule has 0 aliphatic carbocycles. The van der Waals surface area contributed by atoms with Gasteiger partial charge in [0.2, 0.25) is 0 Å². The average molecular weight is 379 g/mol. The van der Waals surface area contributed by atoms with E-state index in [1.165, 1.54) is 6.20 Å². The van der Waals surface area contributed by atoms with Crippen LogP contribution in [-0.4, -0.2) is 30.6 Å². The summed E-state index contributed by atoms with van der Waals surface area (Å²) >= 11 is 5.76. The van der Waals surface area contributed by atoms with Crippen LogP contribution in [0.25, 0.3) is 22.6 Å². The van der Waals surface area contributed by atoms with Crippen LogP contribution in [0.3, 0.4) is 0 Å². The van der Waals surface area contributed by atoms with Crippen molar-refractivity contribution in [1.29, 1.82) is 0 Å². The third-order valence-electron chi connectivity index (χ3n) is 3.95. The first-order chi connectivity index (χ1) is 13.1. The Labute approximate surface area is 159 Å². The molecule has 0 unspecified atom stereocenters. The molecule has 1 aromatic carbocycles. The fourth-order valence-corrected chi connectivity index (χ4v) is 2.81. The molecule has 0 aliphatic heterocycles. The maximum Gasteiger partial charge on any atom is 0.258 e. The van der Waals surface area contributed by atoms with Crippen LogP contribution >= 0.6 is 11.6 Å². The van der Waals surface area contributed by atoms with Crippen molar-refractivity contribution in [1.82, 2.24) is 24.7 Å². The lowest BCUT2D eigenvalue weighted by Gasteiger charge is -2.02. The zero-order valence-corrected chi connectivity index (χ0v) is 14.9. The highest BCUT2D eigenvalue weighted by molar-refractivity contribution is 6.29. The standard InChI is InChI=1S/C19H15ClN6O/c1-2-9-26-15(18-22-13-5-3-4-6-14(13)23-18)10-17(25-26)24-19(27)12-7-8-16(20)21-11-12/h2-8,10-11H,1,9H2,(H,22,23)(H,24,25,27).